The Morgan fingerprint density at radius 1 is 0.393 bits per heavy atom. The van der Waals surface area contributed by atoms with Gasteiger partial charge in [-0.2, -0.15) is 0 Å². The Hall–Kier alpha value is -0.0400. The first-order chi connectivity index (χ1) is 13.9. The summed E-state index contributed by atoms with van der Waals surface area (Å²) in [7, 11) is 0. The van der Waals surface area contributed by atoms with Crippen molar-refractivity contribution in [1.29, 1.82) is 0 Å². The van der Waals surface area contributed by atoms with Crippen LogP contribution in [0.25, 0.3) is 0 Å². The Labute approximate surface area is 179 Å². The molecule has 0 aromatic heterocycles. The van der Waals surface area contributed by atoms with E-state index in [-0.39, 0.29) is 0 Å². The predicted molar refractivity (Wildman–Crippen MR) is 128 cm³/mol. The second kappa shape index (κ2) is 27.0. The molecule has 0 rings (SSSR count). The molecular weight excluding hydrogens is 340 g/mol. The van der Waals surface area contributed by atoms with Crippen LogP contribution in [0.5, 0.6) is 0 Å². The Bertz CT molecular complexity index is 225. The lowest BCUT2D eigenvalue weighted by atomic mass is 10.1. The number of rotatable bonds is 25. The monoisotopic (exact) mass is 395 g/mol. The topological polar surface area (TPSA) is 9.23 Å². The lowest BCUT2D eigenvalue weighted by Gasteiger charge is -2.05. The average molecular weight is 396 g/mol. The lowest BCUT2D eigenvalue weighted by Crippen LogP contribution is -1.92. The summed E-state index contributed by atoms with van der Waals surface area (Å²) in [5.41, 5.74) is 0. The number of unbranched alkanes of at least 4 members (excludes halogenated alkanes) is 21. The first-order valence-electron chi connectivity index (χ1n) is 13.3. The molecule has 0 atom stereocenters. The number of hydrogen-bond acceptors (Lipinski definition) is 1. The minimum atomic E-state index is 0.940. The molecule has 0 saturated heterocycles. The zero-order chi connectivity index (χ0) is 20.4. The molecule has 0 saturated carbocycles. The molecule has 0 amide bonds. The molecule has 0 bridgehead atoms. The molecule has 0 aliphatic heterocycles. The van der Waals surface area contributed by atoms with Crippen molar-refractivity contribution in [2.45, 2.75) is 162 Å². The molecule has 1 radical (unpaired) electrons. The van der Waals surface area contributed by atoms with Crippen molar-refractivity contribution in [2.24, 2.45) is 0 Å². The summed E-state index contributed by atoms with van der Waals surface area (Å²) >= 11 is 0. The smallest absolute Gasteiger partial charge is 0.0836 e. The van der Waals surface area contributed by atoms with Crippen LogP contribution in [0.2, 0.25) is 0 Å². The van der Waals surface area contributed by atoms with Crippen LogP contribution in [-0.4, -0.2) is 6.61 Å². The summed E-state index contributed by atoms with van der Waals surface area (Å²) in [6.07, 6.45) is 32.2. The average Bonchev–Trinajstić information content (AvgIpc) is 2.71. The van der Waals surface area contributed by atoms with Gasteiger partial charge in [0.2, 0.25) is 0 Å². The fourth-order valence-corrected chi connectivity index (χ4v) is 3.91. The third-order valence-electron chi connectivity index (χ3n) is 5.91. The third kappa shape index (κ3) is 26.0. The quantitative estimate of drug-likeness (QED) is 0.140. The van der Waals surface area contributed by atoms with Crippen LogP contribution in [0.15, 0.2) is 0 Å². The van der Waals surface area contributed by atoms with Crippen molar-refractivity contribution in [3.05, 3.63) is 6.61 Å². The molecule has 1 heteroatoms. The summed E-state index contributed by atoms with van der Waals surface area (Å²) in [6, 6.07) is 0. The van der Waals surface area contributed by atoms with E-state index in [2.05, 4.69) is 20.5 Å². The highest BCUT2D eigenvalue weighted by atomic mass is 16.5. The highest BCUT2D eigenvalue weighted by Crippen LogP contribution is 2.13. The van der Waals surface area contributed by atoms with Crippen molar-refractivity contribution < 1.29 is 4.74 Å². The maximum Gasteiger partial charge on any atom is 0.0836 e. The summed E-state index contributed by atoms with van der Waals surface area (Å²) < 4.78 is 5.68. The predicted octanol–water partition coefficient (Wildman–Crippen LogP) is 10.2. The first kappa shape index (κ1) is 28.0. The SMILES string of the molecule is CCCCCCCCCCCCC[CH]OCCCCCCCCCCCCC. The van der Waals surface area contributed by atoms with Gasteiger partial charge >= 0.3 is 0 Å². The zero-order valence-corrected chi connectivity index (χ0v) is 20.0. The van der Waals surface area contributed by atoms with E-state index in [1.807, 2.05) is 0 Å². The minimum absolute atomic E-state index is 0.940. The highest BCUT2D eigenvalue weighted by molar-refractivity contribution is 4.54. The van der Waals surface area contributed by atoms with Gasteiger partial charge in [0.1, 0.15) is 0 Å². The molecule has 169 valence electrons. The maximum absolute atomic E-state index is 5.68. The van der Waals surface area contributed by atoms with Crippen molar-refractivity contribution >= 4 is 0 Å². The van der Waals surface area contributed by atoms with Gasteiger partial charge in [0.15, 0.2) is 0 Å². The van der Waals surface area contributed by atoms with Gasteiger partial charge in [0.05, 0.1) is 6.61 Å². The van der Waals surface area contributed by atoms with Crippen LogP contribution in [0.3, 0.4) is 0 Å². The van der Waals surface area contributed by atoms with Crippen molar-refractivity contribution in [1.82, 2.24) is 0 Å². The summed E-state index contributed by atoms with van der Waals surface area (Å²) in [5.74, 6) is 0. The van der Waals surface area contributed by atoms with Gasteiger partial charge in [-0.3, -0.25) is 0 Å². The molecule has 0 heterocycles. The fourth-order valence-electron chi connectivity index (χ4n) is 3.91. The van der Waals surface area contributed by atoms with E-state index in [0.29, 0.717) is 0 Å². The van der Waals surface area contributed by atoms with E-state index in [9.17, 15) is 0 Å². The Morgan fingerprint density at radius 2 is 0.714 bits per heavy atom. The van der Waals surface area contributed by atoms with E-state index >= 15 is 0 Å². The Morgan fingerprint density at radius 3 is 1.11 bits per heavy atom. The molecule has 28 heavy (non-hydrogen) atoms. The van der Waals surface area contributed by atoms with Crippen molar-refractivity contribution in [3.8, 4) is 0 Å². The van der Waals surface area contributed by atoms with Gasteiger partial charge < -0.3 is 4.74 Å². The van der Waals surface area contributed by atoms with E-state index in [1.54, 1.807) is 0 Å². The van der Waals surface area contributed by atoms with Gasteiger partial charge in [-0.25, -0.2) is 0 Å². The van der Waals surface area contributed by atoms with Gasteiger partial charge in [-0.05, 0) is 12.8 Å². The van der Waals surface area contributed by atoms with Gasteiger partial charge in [-0.15, -0.1) is 0 Å². The van der Waals surface area contributed by atoms with E-state index < -0.39 is 0 Å². The fraction of sp³-hybridized carbons (Fsp3) is 0.963. The number of hydrogen-bond donors (Lipinski definition) is 0. The molecule has 1 nitrogen and oxygen atoms in total. The van der Waals surface area contributed by atoms with Gasteiger partial charge in [0, 0.05) is 6.61 Å². The Kier molecular flexibility index (Phi) is 26.9. The molecular formula is C27H55O. The summed E-state index contributed by atoms with van der Waals surface area (Å²) in [4.78, 5) is 0. The van der Waals surface area contributed by atoms with Gasteiger partial charge in [0.25, 0.3) is 0 Å². The molecule has 0 aromatic rings. The van der Waals surface area contributed by atoms with E-state index in [0.717, 1.165) is 13.0 Å². The van der Waals surface area contributed by atoms with E-state index in [4.69, 9.17) is 4.74 Å². The van der Waals surface area contributed by atoms with Crippen LogP contribution in [0.4, 0.5) is 0 Å². The van der Waals surface area contributed by atoms with Crippen molar-refractivity contribution in [3.63, 3.8) is 0 Å². The summed E-state index contributed by atoms with van der Waals surface area (Å²) in [6.45, 7) is 7.60. The van der Waals surface area contributed by atoms with E-state index in [1.165, 1.54) is 141 Å². The van der Waals surface area contributed by atoms with Crippen LogP contribution in [0, 0.1) is 6.61 Å². The maximum atomic E-state index is 5.68. The second-order valence-electron chi connectivity index (χ2n) is 8.90. The molecule has 0 N–H and O–H groups in total. The van der Waals surface area contributed by atoms with Crippen LogP contribution in [-0.2, 0) is 4.74 Å². The van der Waals surface area contributed by atoms with Gasteiger partial charge in [-0.1, -0.05) is 149 Å². The third-order valence-corrected chi connectivity index (χ3v) is 5.91. The first-order valence-corrected chi connectivity index (χ1v) is 13.3. The van der Waals surface area contributed by atoms with Crippen LogP contribution < -0.4 is 0 Å². The van der Waals surface area contributed by atoms with Crippen LogP contribution >= 0.6 is 0 Å². The molecule has 0 aliphatic carbocycles. The number of ether oxygens (including phenoxy) is 1. The molecule has 0 spiro atoms. The zero-order valence-electron chi connectivity index (χ0n) is 20.0. The lowest BCUT2D eigenvalue weighted by molar-refractivity contribution is 0.183. The molecule has 0 aromatic carbocycles. The highest BCUT2D eigenvalue weighted by Gasteiger charge is 1.96. The van der Waals surface area contributed by atoms with Crippen molar-refractivity contribution in [2.75, 3.05) is 6.61 Å². The minimum Gasteiger partial charge on any atom is -0.376 e. The molecule has 0 aliphatic rings. The molecule has 0 unspecified atom stereocenters. The standard InChI is InChI=1S/C27H55O/c1-3-5-7-9-11-13-15-17-19-21-23-25-27-28-26-24-22-20-18-16-14-12-10-8-6-4-2/h27H,3-26H2,1-2H3. The molecule has 0 fully saturated rings. The van der Waals surface area contributed by atoms with Crippen LogP contribution in [0.1, 0.15) is 162 Å². The second-order valence-corrected chi connectivity index (χ2v) is 8.90. The summed E-state index contributed by atoms with van der Waals surface area (Å²) in [5, 5.41) is 0. The normalized spacial score (nSPS) is 11.4. The Balaban J connectivity index is 2.96. The largest absolute Gasteiger partial charge is 0.376 e.